The van der Waals surface area contributed by atoms with Crippen LogP contribution >= 0.6 is 0 Å². The number of anilines is 1. The number of nitrogens with zero attached hydrogens (tertiary/aromatic N) is 1. The normalized spacial score (nSPS) is 18.5. The van der Waals surface area contributed by atoms with Crippen LogP contribution in [0.2, 0.25) is 0 Å². The fraction of sp³-hybridized carbons (Fsp3) is 0.316. The van der Waals surface area contributed by atoms with Crippen LogP contribution in [0.3, 0.4) is 0 Å². The molecule has 2 aromatic carbocycles. The fourth-order valence-electron chi connectivity index (χ4n) is 2.97. The third-order valence-corrected chi connectivity index (χ3v) is 4.15. The predicted molar refractivity (Wildman–Crippen MR) is 93.5 cm³/mol. The SMILES string of the molecule is CCCCc1ccccc1C1NC(=NC)c2ccccc2N1. The van der Waals surface area contributed by atoms with Gasteiger partial charge in [-0.15, -0.1) is 0 Å². The number of hydrogen-bond donors (Lipinski definition) is 2. The molecule has 3 nitrogen and oxygen atoms in total. The highest BCUT2D eigenvalue weighted by Gasteiger charge is 2.23. The van der Waals surface area contributed by atoms with Crippen molar-refractivity contribution in [3.63, 3.8) is 0 Å². The van der Waals surface area contributed by atoms with E-state index in [1.165, 1.54) is 24.0 Å². The Morgan fingerprint density at radius 2 is 1.77 bits per heavy atom. The smallest absolute Gasteiger partial charge is 0.131 e. The number of hydrogen-bond acceptors (Lipinski definition) is 2. The highest BCUT2D eigenvalue weighted by Crippen LogP contribution is 2.28. The minimum atomic E-state index is 0.0710. The van der Waals surface area contributed by atoms with Gasteiger partial charge in [0.15, 0.2) is 0 Å². The quantitative estimate of drug-likeness (QED) is 0.889. The molecule has 3 heteroatoms. The van der Waals surface area contributed by atoms with Crippen LogP contribution in [0.1, 0.15) is 42.6 Å². The van der Waals surface area contributed by atoms with E-state index in [0.29, 0.717) is 0 Å². The third kappa shape index (κ3) is 2.84. The van der Waals surface area contributed by atoms with Gasteiger partial charge < -0.3 is 10.6 Å². The topological polar surface area (TPSA) is 36.4 Å². The van der Waals surface area contributed by atoms with Crippen molar-refractivity contribution in [2.45, 2.75) is 32.4 Å². The second-order valence-corrected chi connectivity index (χ2v) is 5.64. The number of aliphatic imine (C=N–C) groups is 1. The molecule has 0 saturated heterocycles. The molecule has 2 N–H and O–H groups in total. The summed E-state index contributed by atoms with van der Waals surface area (Å²) >= 11 is 0. The molecule has 0 fully saturated rings. The van der Waals surface area contributed by atoms with E-state index in [1.807, 2.05) is 13.1 Å². The van der Waals surface area contributed by atoms with Crippen molar-refractivity contribution in [3.05, 3.63) is 65.2 Å². The van der Waals surface area contributed by atoms with Gasteiger partial charge in [0.25, 0.3) is 0 Å². The van der Waals surface area contributed by atoms with Crippen molar-refractivity contribution >= 4 is 11.5 Å². The van der Waals surface area contributed by atoms with Gasteiger partial charge in [0.1, 0.15) is 12.0 Å². The van der Waals surface area contributed by atoms with E-state index in [4.69, 9.17) is 0 Å². The van der Waals surface area contributed by atoms with Gasteiger partial charge in [-0.3, -0.25) is 4.99 Å². The highest BCUT2D eigenvalue weighted by atomic mass is 15.2. The summed E-state index contributed by atoms with van der Waals surface area (Å²) in [5.74, 6) is 0.949. The largest absolute Gasteiger partial charge is 0.361 e. The van der Waals surface area contributed by atoms with E-state index in [2.05, 4.69) is 65.0 Å². The van der Waals surface area contributed by atoms with Crippen molar-refractivity contribution in [1.29, 1.82) is 0 Å². The molecule has 1 unspecified atom stereocenters. The van der Waals surface area contributed by atoms with Crippen molar-refractivity contribution in [3.8, 4) is 0 Å². The zero-order valence-electron chi connectivity index (χ0n) is 13.3. The number of amidine groups is 1. The molecule has 0 aromatic heterocycles. The van der Waals surface area contributed by atoms with Crippen molar-refractivity contribution in [1.82, 2.24) is 5.32 Å². The van der Waals surface area contributed by atoms with Gasteiger partial charge in [-0.25, -0.2) is 0 Å². The average molecular weight is 293 g/mol. The zero-order chi connectivity index (χ0) is 15.4. The summed E-state index contributed by atoms with van der Waals surface area (Å²) in [5, 5.41) is 7.13. The lowest BCUT2D eigenvalue weighted by atomic mass is 9.98. The number of aryl methyl sites for hydroxylation is 1. The first-order valence-electron chi connectivity index (χ1n) is 8.00. The maximum Gasteiger partial charge on any atom is 0.131 e. The van der Waals surface area contributed by atoms with E-state index >= 15 is 0 Å². The van der Waals surface area contributed by atoms with Crippen LogP contribution in [-0.2, 0) is 6.42 Å². The van der Waals surface area contributed by atoms with Crippen LogP contribution in [0, 0.1) is 0 Å². The molecule has 0 spiro atoms. The first kappa shape index (κ1) is 14.6. The minimum Gasteiger partial charge on any atom is -0.361 e. The predicted octanol–water partition coefficient (Wildman–Crippen LogP) is 4.12. The number of nitrogens with one attached hydrogen (secondary N) is 2. The first-order chi connectivity index (χ1) is 10.8. The summed E-state index contributed by atoms with van der Waals surface area (Å²) in [6.45, 7) is 2.23. The Kier molecular flexibility index (Phi) is 4.42. The first-order valence-corrected chi connectivity index (χ1v) is 8.00. The summed E-state index contributed by atoms with van der Waals surface area (Å²) in [5.41, 5.74) is 4.99. The van der Waals surface area contributed by atoms with Crippen molar-refractivity contribution < 1.29 is 0 Å². The maximum atomic E-state index is 4.42. The molecule has 1 atom stereocenters. The lowest BCUT2D eigenvalue weighted by molar-refractivity contribution is 0.698. The summed E-state index contributed by atoms with van der Waals surface area (Å²) < 4.78 is 0. The van der Waals surface area contributed by atoms with Gasteiger partial charge in [-0.1, -0.05) is 49.7 Å². The van der Waals surface area contributed by atoms with E-state index in [0.717, 1.165) is 23.5 Å². The Morgan fingerprint density at radius 1 is 1.00 bits per heavy atom. The summed E-state index contributed by atoms with van der Waals surface area (Å²) in [7, 11) is 1.84. The Labute approximate surface area is 132 Å². The van der Waals surface area contributed by atoms with Crippen molar-refractivity contribution in [2.24, 2.45) is 4.99 Å². The molecule has 0 amide bonds. The van der Waals surface area contributed by atoms with Crippen LogP contribution < -0.4 is 10.6 Å². The monoisotopic (exact) mass is 293 g/mol. The van der Waals surface area contributed by atoms with Gasteiger partial charge in [0, 0.05) is 18.3 Å². The minimum absolute atomic E-state index is 0.0710. The molecule has 1 aliphatic rings. The summed E-state index contributed by atoms with van der Waals surface area (Å²) in [6, 6.07) is 17.0. The Hall–Kier alpha value is -2.29. The number of rotatable bonds is 4. The van der Waals surface area contributed by atoms with Crippen LogP contribution in [0.5, 0.6) is 0 Å². The maximum absolute atomic E-state index is 4.42. The lowest BCUT2D eigenvalue weighted by Crippen LogP contribution is -2.39. The molecule has 0 radical (unpaired) electrons. The molecule has 114 valence electrons. The van der Waals surface area contributed by atoms with Crippen LogP contribution in [-0.4, -0.2) is 12.9 Å². The van der Waals surface area contributed by atoms with Crippen LogP contribution in [0.4, 0.5) is 5.69 Å². The highest BCUT2D eigenvalue weighted by molar-refractivity contribution is 6.05. The van der Waals surface area contributed by atoms with Gasteiger partial charge in [-0.2, -0.15) is 0 Å². The van der Waals surface area contributed by atoms with Gasteiger partial charge in [0.05, 0.1) is 0 Å². The molecule has 0 aliphatic carbocycles. The lowest BCUT2D eigenvalue weighted by Gasteiger charge is -2.31. The molecule has 1 heterocycles. The fourth-order valence-corrected chi connectivity index (χ4v) is 2.97. The van der Waals surface area contributed by atoms with Gasteiger partial charge >= 0.3 is 0 Å². The molecular weight excluding hydrogens is 270 g/mol. The van der Waals surface area contributed by atoms with Crippen molar-refractivity contribution in [2.75, 3.05) is 12.4 Å². The number of fused-ring (bicyclic) bond motifs is 1. The number of para-hydroxylation sites is 1. The Balaban J connectivity index is 1.94. The van der Waals surface area contributed by atoms with E-state index in [1.54, 1.807) is 0 Å². The van der Waals surface area contributed by atoms with E-state index in [9.17, 15) is 0 Å². The summed E-state index contributed by atoms with van der Waals surface area (Å²) in [6.07, 6.45) is 3.62. The molecular formula is C19H23N3. The second-order valence-electron chi connectivity index (χ2n) is 5.64. The van der Waals surface area contributed by atoms with Crippen LogP contribution in [0.25, 0.3) is 0 Å². The number of benzene rings is 2. The van der Waals surface area contributed by atoms with E-state index in [-0.39, 0.29) is 6.17 Å². The molecule has 0 saturated carbocycles. The van der Waals surface area contributed by atoms with E-state index < -0.39 is 0 Å². The van der Waals surface area contributed by atoms with Gasteiger partial charge in [0.2, 0.25) is 0 Å². The number of unbranched alkanes of at least 4 members (excludes halogenated alkanes) is 1. The van der Waals surface area contributed by atoms with Crippen LogP contribution in [0.15, 0.2) is 53.5 Å². The molecule has 22 heavy (non-hydrogen) atoms. The molecule has 0 bridgehead atoms. The second kappa shape index (κ2) is 6.65. The Bertz CT molecular complexity index is 676. The molecule has 1 aliphatic heterocycles. The molecule has 3 rings (SSSR count). The van der Waals surface area contributed by atoms with Gasteiger partial charge in [-0.05, 0) is 36.1 Å². The standard InChI is InChI=1S/C19H23N3/c1-3-4-9-14-10-5-6-11-15(14)19-21-17-13-8-7-12-16(17)18(20-2)22-19/h5-8,10-13,19,21H,3-4,9H2,1-2H3,(H,20,22). The molecule has 2 aromatic rings. The average Bonchev–Trinajstić information content (AvgIpc) is 2.59. The summed E-state index contributed by atoms with van der Waals surface area (Å²) in [4.78, 5) is 4.42. The zero-order valence-corrected chi connectivity index (χ0v) is 13.3. The third-order valence-electron chi connectivity index (χ3n) is 4.15. The Morgan fingerprint density at radius 3 is 2.59 bits per heavy atom.